The zero-order chi connectivity index (χ0) is 13.1. The topological polar surface area (TPSA) is 62.7 Å². The molecule has 2 N–H and O–H groups in total. The second-order valence-electron chi connectivity index (χ2n) is 3.56. The molecule has 0 aliphatic heterocycles. The van der Waals surface area contributed by atoms with Crippen molar-refractivity contribution in [3.8, 4) is 0 Å². The van der Waals surface area contributed by atoms with Gasteiger partial charge in [-0.05, 0) is 46.1 Å². The standard InChI is InChI=1S/C11H11BrClN5/c1-6-4-3-5-7(8(6)12)15-11-17-9(13)16-10(14-2)18-11/h3-5H,1-2H3,(H2,14,15,16,17,18). The van der Waals surface area contributed by atoms with Gasteiger partial charge in [0.2, 0.25) is 17.2 Å². The number of aromatic nitrogens is 3. The predicted molar refractivity (Wildman–Crippen MR) is 76.5 cm³/mol. The number of benzene rings is 1. The van der Waals surface area contributed by atoms with Crippen molar-refractivity contribution < 1.29 is 0 Å². The lowest BCUT2D eigenvalue weighted by molar-refractivity contribution is 1.05. The second-order valence-corrected chi connectivity index (χ2v) is 4.69. The van der Waals surface area contributed by atoms with Crippen LogP contribution in [0.4, 0.5) is 17.6 Å². The fourth-order valence-electron chi connectivity index (χ4n) is 1.38. The van der Waals surface area contributed by atoms with Gasteiger partial charge in [-0.25, -0.2) is 0 Å². The minimum absolute atomic E-state index is 0.139. The first-order valence-corrected chi connectivity index (χ1v) is 6.38. The van der Waals surface area contributed by atoms with E-state index < -0.39 is 0 Å². The largest absolute Gasteiger partial charge is 0.357 e. The lowest BCUT2D eigenvalue weighted by Gasteiger charge is -2.09. The van der Waals surface area contributed by atoms with Crippen molar-refractivity contribution in [1.82, 2.24) is 15.0 Å². The van der Waals surface area contributed by atoms with Crippen LogP contribution in [0, 0.1) is 6.92 Å². The highest BCUT2D eigenvalue weighted by molar-refractivity contribution is 9.10. The quantitative estimate of drug-likeness (QED) is 0.904. The average molecular weight is 329 g/mol. The van der Waals surface area contributed by atoms with E-state index in [1.807, 2.05) is 25.1 Å². The molecule has 94 valence electrons. The Kier molecular flexibility index (Phi) is 3.98. The zero-order valence-electron chi connectivity index (χ0n) is 9.83. The Morgan fingerprint density at radius 2 is 1.89 bits per heavy atom. The molecule has 1 heterocycles. The van der Waals surface area contributed by atoms with Gasteiger partial charge in [0.1, 0.15) is 0 Å². The Balaban J connectivity index is 2.34. The Morgan fingerprint density at radius 1 is 1.17 bits per heavy atom. The fourth-order valence-corrected chi connectivity index (χ4v) is 1.91. The number of rotatable bonds is 3. The van der Waals surface area contributed by atoms with Crippen LogP contribution in [0.5, 0.6) is 0 Å². The van der Waals surface area contributed by atoms with Crippen LogP contribution < -0.4 is 10.6 Å². The molecular formula is C11H11BrClN5. The Bertz CT molecular complexity index is 575. The molecule has 0 saturated heterocycles. The molecule has 0 saturated carbocycles. The van der Waals surface area contributed by atoms with Crippen molar-refractivity contribution in [2.45, 2.75) is 6.92 Å². The summed E-state index contributed by atoms with van der Waals surface area (Å²) in [6.07, 6.45) is 0. The van der Waals surface area contributed by atoms with Crippen LogP contribution in [0.2, 0.25) is 5.28 Å². The number of hydrogen-bond donors (Lipinski definition) is 2. The van der Waals surface area contributed by atoms with Crippen molar-refractivity contribution in [2.24, 2.45) is 0 Å². The molecular weight excluding hydrogens is 318 g/mol. The van der Waals surface area contributed by atoms with Crippen molar-refractivity contribution in [1.29, 1.82) is 0 Å². The number of halogens is 2. The average Bonchev–Trinajstić information content (AvgIpc) is 2.34. The first-order chi connectivity index (χ1) is 8.60. The first-order valence-electron chi connectivity index (χ1n) is 5.21. The predicted octanol–water partition coefficient (Wildman–Crippen LogP) is 3.38. The molecule has 1 aromatic heterocycles. The summed E-state index contributed by atoms with van der Waals surface area (Å²) in [7, 11) is 1.72. The van der Waals surface area contributed by atoms with Crippen LogP contribution in [0.15, 0.2) is 22.7 Å². The number of nitrogens with one attached hydrogen (secondary N) is 2. The van der Waals surface area contributed by atoms with Crippen LogP contribution in [0.3, 0.4) is 0 Å². The van der Waals surface area contributed by atoms with Gasteiger partial charge in [-0.2, -0.15) is 15.0 Å². The molecule has 0 radical (unpaired) electrons. The molecule has 0 atom stereocenters. The van der Waals surface area contributed by atoms with Gasteiger partial charge in [0.15, 0.2) is 0 Å². The highest BCUT2D eigenvalue weighted by Gasteiger charge is 2.07. The smallest absolute Gasteiger partial charge is 0.233 e. The highest BCUT2D eigenvalue weighted by Crippen LogP contribution is 2.27. The van der Waals surface area contributed by atoms with Gasteiger partial charge >= 0.3 is 0 Å². The number of aryl methyl sites for hydroxylation is 1. The third-order valence-electron chi connectivity index (χ3n) is 2.27. The van der Waals surface area contributed by atoms with E-state index in [0.29, 0.717) is 11.9 Å². The number of nitrogens with zero attached hydrogens (tertiary/aromatic N) is 3. The molecule has 1 aromatic carbocycles. The molecule has 18 heavy (non-hydrogen) atoms. The molecule has 0 bridgehead atoms. The van der Waals surface area contributed by atoms with Crippen LogP contribution in [0.1, 0.15) is 5.56 Å². The summed E-state index contributed by atoms with van der Waals surface area (Å²) in [6, 6.07) is 5.88. The van der Waals surface area contributed by atoms with Gasteiger partial charge in [-0.1, -0.05) is 12.1 Å². The maximum absolute atomic E-state index is 5.81. The molecule has 0 aliphatic carbocycles. The van der Waals surface area contributed by atoms with Gasteiger partial charge < -0.3 is 10.6 Å². The number of anilines is 3. The molecule has 7 heteroatoms. The summed E-state index contributed by atoms with van der Waals surface area (Å²) < 4.78 is 0.965. The zero-order valence-corrected chi connectivity index (χ0v) is 12.2. The molecule has 2 rings (SSSR count). The highest BCUT2D eigenvalue weighted by atomic mass is 79.9. The van der Waals surface area contributed by atoms with E-state index in [1.165, 1.54) is 0 Å². The summed E-state index contributed by atoms with van der Waals surface area (Å²) in [4.78, 5) is 12.1. The van der Waals surface area contributed by atoms with Crippen molar-refractivity contribution in [3.05, 3.63) is 33.5 Å². The minimum atomic E-state index is 0.139. The summed E-state index contributed by atoms with van der Waals surface area (Å²) in [6.45, 7) is 2.01. The van der Waals surface area contributed by atoms with Crippen LogP contribution in [0.25, 0.3) is 0 Å². The number of hydrogen-bond acceptors (Lipinski definition) is 5. The van der Waals surface area contributed by atoms with E-state index in [2.05, 4.69) is 41.5 Å². The minimum Gasteiger partial charge on any atom is -0.357 e. The molecule has 0 amide bonds. The van der Waals surface area contributed by atoms with Crippen molar-refractivity contribution in [3.63, 3.8) is 0 Å². The summed E-state index contributed by atoms with van der Waals surface area (Å²) in [5, 5.41) is 6.06. The summed E-state index contributed by atoms with van der Waals surface area (Å²) >= 11 is 9.32. The molecule has 0 fully saturated rings. The van der Waals surface area contributed by atoms with Gasteiger partial charge in [-0.3, -0.25) is 0 Å². The lowest BCUT2D eigenvalue weighted by atomic mass is 10.2. The molecule has 5 nitrogen and oxygen atoms in total. The van der Waals surface area contributed by atoms with Gasteiger partial charge in [0.05, 0.1) is 5.69 Å². The molecule has 0 unspecified atom stereocenters. The normalized spacial score (nSPS) is 10.2. The summed E-state index contributed by atoms with van der Waals surface area (Å²) in [5.41, 5.74) is 1.99. The monoisotopic (exact) mass is 327 g/mol. The van der Waals surface area contributed by atoms with Crippen molar-refractivity contribution in [2.75, 3.05) is 17.7 Å². The van der Waals surface area contributed by atoms with Gasteiger partial charge in [-0.15, -0.1) is 0 Å². The van der Waals surface area contributed by atoms with E-state index in [0.717, 1.165) is 15.7 Å². The van der Waals surface area contributed by atoms with E-state index in [9.17, 15) is 0 Å². The Labute approximate surface area is 118 Å². The van der Waals surface area contributed by atoms with E-state index in [-0.39, 0.29) is 5.28 Å². The van der Waals surface area contributed by atoms with Crippen molar-refractivity contribution >= 4 is 45.1 Å². The molecule has 2 aromatic rings. The maximum Gasteiger partial charge on any atom is 0.233 e. The Morgan fingerprint density at radius 3 is 2.61 bits per heavy atom. The SMILES string of the molecule is CNc1nc(Cl)nc(Nc2cccc(C)c2Br)n1. The second kappa shape index (κ2) is 5.49. The van der Waals surface area contributed by atoms with Gasteiger partial charge in [0.25, 0.3) is 0 Å². The molecule has 0 aliphatic rings. The third-order valence-corrected chi connectivity index (χ3v) is 3.49. The van der Waals surface area contributed by atoms with Gasteiger partial charge in [0, 0.05) is 11.5 Å². The van der Waals surface area contributed by atoms with E-state index in [1.54, 1.807) is 7.05 Å². The lowest BCUT2D eigenvalue weighted by Crippen LogP contribution is -2.04. The third kappa shape index (κ3) is 2.88. The van der Waals surface area contributed by atoms with Crippen LogP contribution in [-0.4, -0.2) is 22.0 Å². The van der Waals surface area contributed by atoms with Crippen LogP contribution >= 0.6 is 27.5 Å². The van der Waals surface area contributed by atoms with E-state index in [4.69, 9.17) is 11.6 Å². The maximum atomic E-state index is 5.81. The van der Waals surface area contributed by atoms with E-state index >= 15 is 0 Å². The molecule has 0 spiro atoms. The first kappa shape index (κ1) is 13.0. The Hall–Kier alpha value is -1.40. The summed E-state index contributed by atoms with van der Waals surface area (Å²) in [5.74, 6) is 0.812. The fraction of sp³-hybridized carbons (Fsp3) is 0.182. The van der Waals surface area contributed by atoms with Crippen LogP contribution in [-0.2, 0) is 0 Å².